The molecule has 1 aliphatic heterocycles. The first kappa shape index (κ1) is 18.1. The summed E-state index contributed by atoms with van der Waals surface area (Å²) in [4.78, 5) is 35.9. The van der Waals surface area contributed by atoms with Crippen LogP contribution in [0, 0.1) is 24.0 Å². The summed E-state index contributed by atoms with van der Waals surface area (Å²) in [7, 11) is 0. The summed E-state index contributed by atoms with van der Waals surface area (Å²) in [5.74, 6) is -0.291. The summed E-state index contributed by atoms with van der Waals surface area (Å²) in [6.45, 7) is 3.51. The Kier molecular flexibility index (Phi) is 4.64. The van der Waals surface area contributed by atoms with Crippen LogP contribution in [0.5, 0.6) is 5.75 Å². The Bertz CT molecular complexity index is 956. The van der Waals surface area contributed by atoms with Crippen molar-refractivity contribution < 1.29 is 19.6 Å². The third-order valence-corrected chi connectivity index (χ3v) is 4.27. The second kappa shape index (κ2) is 6.91. The Hall–Kier alpha value is -3.68. The number of rotatable bonds is 4. The summed E-state index contributed by atoms with van der Waals surface area (Å²) in [6.07, 6.45) is 1.55. The topological polar surface area (TPSA) is 113 Å². The predicted molar refractivity (Wildman–Crippen MR) is 97.7 cm³/mol. The van der Waals surface area contributed by atoms with Gasteiger partial charge in [-0.3, -0.25) is 19.8 Å². The van der Waals surface area contributed by atoms with E-state index in [0.29, 0.717) is 22.3 Å². The van der Waals surface area contributed by atoms with Crippen molar-refractivity contribution in [3.8, 4) is 5.75 Å². The number of nitro benzene ring substituents is 1. The van der Waals surface area contributed by atoms with E-state index in [-0.39, 0.29) is 23.7 Å². The van der Waals surface area contributed by atoms with Crippen molar-refractivity contribution in [2.75, 3.05) is 0 Å². The second-order valence-electron chi connectivity index (χ2n) is 6.31. The van der Waals surface area contributed by atoms with Gasteiger partial charge in [-0.25, -0.2) is 4.79 Å². The number of carbonyl (C=O) groups is 2. The number of carbonyl (C=O) groups excluding carboxylic acids is 2. The van der Waals surface area contributed by atoms with Crippen LogP contribution in [-0.2, 0) is 11.3 Å². The first-order chi connectivity index (χ1) is 12.8. The van der Waals surface area contributed by atoms with Gasteiger partial charge in [-0.1, -0.05) is 12.1 Å². The van der Waals surface area contributed by atoms with E-state index in [0.717, 1.165) is 4.90 Å². The Labute approximate surface area is 154 Å². The molecule has 0 spiro atoms. The molecule has 0 aromatic heterocycles. The van der Waals surface area contributed by atoms with Gasteiger partial charge in [0.15, 0.2) is 0 Å². The number of urea groups is 1. The smallest absolute Gasteiger partial charge is 0.329 e. The lowest BCUT2D eigenvalue weighted by Crippen LogP contribution is -2.30. The number of aryl methyl sites for hydroxylation is 2. The van der Waals surface area contributed by atoms with Gasteiger partial charge >= 0.3 is 6.03 Å². The van der Waals surface area contributed by atoms with Crippen LogP contribution in [0.4, 0.5) is 10.5 Å². The fourth-order valence-corrected chi connectivity index (χ4v) is 2.86. The van der Waals surface area contributed by atoms with Gasteiger partial charge in [0.2, 0.25) is 0 Å². The van der Waals surface area contributed by atoms with Crippen LogP contribution in [0.2, 0.25) is 0 Å². The molecule has 3 rings (SSSR count). The number of aromatic hydroxyl groups is 1. The molecule has 2 aromatic rings. The Balaban J connectivity index is 1.81. The minimum Gasteiger partial charge on any atom is -0.507 e. The van der Waals surface area contributed by atoms with E-state index in [1.54, 1.807) is 32.1 Å². The molecule has 0 aliphatic carbocycles. The predicted octanol–water partition coefficient (Wildman–Crippen LogP) is 3.01. The summed E-state index contributed by atoms with van der Waals surface area (Å²) < 4.78 is 0. The third kappa shape index (κ3) is 3.64. The maximum Gasteiger partial charge on any atom is 0.329 e. The number of benzene rings is 2. The zero-order chi connectivity index (χ0) is 19.7. The lowest BCUT2D eigenvalue weighted by Gasteiger charge is -2.11. The van der Waals surface area contributed by atoms with Crippen molar-refractivity contribution >= 4 is 23.7 Å². The number of nitrogens with one attached hydrogen (secondary N) is 1. The number of amides is 3. The molecule has 27 heavy (non-hydrogen) atoms. The van der Waals surface area contributed by atoms with E-state index in [1.807, 2.05) is 0 Å². The minimum atomic E-state index is -0.558. The van der Waals surface area contributed by atoms with Crippen LogP contribution in [0.1, 0.15) is 22.3 Å². The van der Waals surface area contributed by atoms with E-state index in [9.17, 15) is 24.8 Å². The molecule has 0 atom stereocenters. The zero-order valence-electron chi connectivity index (χ0n) is 14.7. The lowest BCUT2D eigenvalue weighted by molar-refractivity contribution is -0.384. The molecular formula is C19H17N3O5. The largest absolute Gasteiger partial charge is 0.507 e. The highest BCUT2D eigenvalue weighted by atomic mass is 16.6. The molecule has 0 saturated carbocycles. The molecule has 2 N–H and O–H groups in total. The van der Waals surface area contributed by atoms with Gasteiger partial charge in [0.25, 0.3) is 11.6 Å². The molecule has 1 heterocycles. The van der Waals surface area contributed by atoms with Crippen molar-refractivity contribution in [2.24, 2.45) is 0 Å². The molecule has 1 aliphatic rings. The number of phenolic OH excluding ortho intramolecular Hbond substituents is 1. The van der Waals surface area contributed by atoms with E-state index < -0.39 is 16.9 Å². The molecule has 8 nitrogen and oxygen atoms in total. The van der Waals surface area contributed by atoms with E-state index in [2.05, 4.69) is 5.32 Å². The number of non-ortho nitro benzene ring substituents is 1. The van der Waals surface area contributed by atoms with Crippen LogP contribution < -0.4 is 5.32 Å². The maximum atomic E-state index is 12.6. The van der Waals surface area contributed by atoms with Crippen LogP contribution >= 0.6 is 0 Å². The van der Waals surface area contributed by atoms with Gasteiger partial charge in [0.1, 0.15) is 11.4 Å². The van der Waals surface area contributed by atoms with Gasteiger partial charge in [-0.05, 0) is 54.3 Å². The van der Waals surface area contributed by atoms with E-state index >= 15 is 0 Å². The normalized spacial score (nSPS) is 15.3. The molecular weight excluding hydrogens is 350 g/mol. The molecule has 0 radical (unpaired) electrons. The van der Waals surface area contributed by atoms with Crippen LogP contribution in [0.3, 0.4) is 0 Å². The number of nitro groups is 1. The van der Waals surface area contributed by atoms with Gasteiger partial charge in [-0.15, -0.1) is 0 Å². The average molecular weight is 367 g/mol. The first-order valence-corrected chi connectivity index (χ1v) is 8.14. The highest BCUT2D eigenvalue weighted by Gasteiger charge is 2.33. The SMILES string of the molecule is Cc1cc(/C=C2\NC(=O)N(Cc3ccc([N+](=O)[O-])cc3)C2=O)cc(C)c1O. The van der Waals surface area contributed by atoms with Gasteiger partial charge in [0.05, 0.1) is 11.5 Å². The standard InChI is InChI=1S/C19H17N3O5/c1-11-7-14(8-12(2)17(11)23)9-16-18(24)21(19(25)20-16)10-13-3-5-15(6-4-13)22(26)27/h3-9,23H,10H2,1-2H3,(H,20,25)/b16-9-. The van der Waals surface area contributed by atoms with Crippen LogP contribution in [0.15, 0.2) is 42.1 Å². The van der Waals surface area contributed by atoms with E-state index in [4.69, 9.17) is 0 Å². The monoisotopic (exact) mass is 367 g/mol. The Morgan fingerprint density at radius 1 is 1.15 bits per heavy atom. The van der Waals surface area contributed by atoms with Crippen molar-refractivity contribution in [1.82, 2.24) is 10.2 Å². The van der Waals surface area contributed by atoms with Crippen molar-refractivity contribution in [3.63, 3.8) is 0 Å². The molecule has 0 unspecified atom stereocenters. The summed E-state index contributed by atoms with van der Waals surface area (Å²) >= 11 is 0. The Morgan fingerprint density at radius 2 is 1.74 bits per heavy atom. The molecule has 138 valence electrons. The maximum absolute atomic E-state index is 12.6. The summed E-state index contributed by atoms with van der Waals surface area (Å²) in [5.41, 5.74) is 2.69. The number of nitrogens with zero attached hydrogens (tertiary/aromatic N) is 2. The summed E-state index contributed by atoms with van der Waals surface area (Å²) in [5, 5.41) is 23.1. The number of imide groups is 1. The first-order valence-electron chi connectivity index (χ1n) is 8.14. The number of hydrogen-bond acceptors (Lipinski definition) is 5. The minimum absolute atomic E-state index is 0.00757. The number of hydrogen-bond donors (Lipinski definition) is 2. The number of phenols is 1. The van der Waals surface area contributed by atoms with Crippen molar-refractivity contribution in [1.29, 1.82) is 0 Å². The molecule has 1 fully saturated rings. The fourth-order valence-electron chi connectivity index (χ4n) is 2.86. The molecule has 8 heteroatoms. The van der Waals surface area contributed by atoms with E-state index in [1.165, 1.54) is 24.3 Å². The van der Waals surface area contributed by atoms with Gasteiger partial charge in [0, 0.05) is 12.1 Å². The second-order valence-corrected chi connectivity index (χ2v) is 6.31. The quantitative estimate of drug-likeness (QED) is 0.373. The highest BCUT2D eigenvalue weighted by molar-refractivity contribution is 6.13. The lowest BCUT2D eigenvalue weighted by atomic mass is 10.0. The van der Waals surface area contributed by atoms with Crippen molar-refractivity contribution in [2.45, 2.75) is 20.4 Å². The molecule has 3 amide bonds. The zero-order valence-corrected chi connectivity index (χ0v) is 14.7. The Morgan fingerprint density at radius 3 is 2.30 bits per heavy atom. The van der Waals surface area contributed by atoms with Crippen molar-refractivity contribution in [3.05, 3.63) is 74.5 Å². The van der Waals surface area contributed by atoms with Gasteiger partial charge in [-0.2, -0.15) is 0 Å². The average Bonchev–Trinajstić information content (AvgIpc) is 2.87. The molecule has 1 saturated heterocycles. The summed E-state index contributed by atoms with van der Waals surface area (Å²) in [6, 6.07) is 8.54. The van der Waals surface area contributed by atoms with Crippen LogP contribution in [-0.4, -0.2) is 26.9 Å². The third-order valence-electron chi connectivity index (χ3n) is 4.27. The fraction of sp³-hybridized carbons (Fsp3) is 0.158. The van der Waals surface area contributed by atoms with Gasteiger partial charge < -0.3 is 10.4 Å². The molecule has 2 aromatic carbocycles. The van der Waals surface area contributed by atoms with Crippen LogP contribution in [0.25, 0.3) is 6.08 Å². The molecule has 0 bridgehead atoms. The highest BCUT2D eigenvalue weighted by Crippen LogP contribution is 2.25.